The summed E-state index contributed by atoms with van der Waals surface area (Å²) in [6, 6.07) is 3.16. The Morgan fingerprint density at radius 1 is 1.16 bits per heavy atom. The monoisotopic (exact) mass is 344 g/mol. The van der Waals surface area contributed by atoms with Crippen molar-refractivity contribution in [3.05, 3.63) is 29.1 Å². The molecular weight excluding hydrogens is 315 g/mol. The number of fused-ring (bicyclic) bond motifs is 2. The summed E-state index contributed by atoms with van der Waals surface area (Å²) in [5.41, 5.74) is 1.44. The summed E-state index contributed by atoms with van der Waals surface area (Å²) in [6.07, 6.45) is 9.24. The number of halogens is 1. The molecule has 1 aromatic rings. The first-order chi connectivity index (χ1) is 12.0. The van der Waals surface area contributed by atoms with E-state index in [-0.39, 0.29) is 11.0 Å². The number of aldehydes is 1. The zero-order chi connectivity index (χ0) is 17.6. The van der Waals surface area contributed by atoms with Gasteiger partial charge in [-0.3, -0.25) is 4.79 Å². The van der Waals surface area contributed by atoms with E-state index in [0.717, 1.165) is 36.2 Å². The third-order valence-corrected chi connectivity index (χ3v) is 6.56. The fraction of sp³-hybridized carbons (Fsp3) is 0.682. The molecule has 0 N–H and O–H groups in total. The molecule has 4 rings (SSSR count). The van der Waals surface area contributed by atoms with Crippen molar-refractivity contribution in [2.45, 2.75) is 64.7 Å². The number of carbonyl (C=O) groups excluding carboxylic acids is 1. The smallest absolute Gasteiger partial charge is 0.153 e. The van der Waals surface area contributed by atoms with Crippen LogP contribution in [0.15, 0.2) is 12.1 Å². The number of rotatable bonds is 5. The standard InChI is InChI=1S/C22H29FO2/c1-14-5-16-6-15(2)10-22(9-14,11-16)13-25-21-8-20(23)18(12-24)7-19(21)17-3-4-17/h7-8,12,14-17H,3-6,9-11,13H2,1-2H3. The normalized spacial score (nSPS) is 34.6. The van der Waals surface area contributed by atoms with E-state index in [2.05, 4.69) is 13.8 Å². The topological polar surface area (TPSA) is 26.3 Å². The maximum Gasteiger partial charge on any atom is 0.153 e. The predicted molar refractivity (Wildman–Crippen MR) is 96.6 cm³/mol. The van der Waals surface area contributed by atoms with Crippen molar-refractivity contribution < 1.29 is 13.9 Å². The number of carbonyl (C=O) groups is 1. The highest BCUT2D eigenvalue weighted by Crippen LogP contribution is 2.53. The highest BCUT2D eigenvalue weighted by Gasteiger charge is 2.45. The molecule has 3 aliphatic rings. The van der Waals surface area contributed by atoms with Crippen molar-refractivity contribution in [3.8, 4) is 5.75 Å². The summed E-state index contributed by atoms with van der Waals surface area (Å²) in [6.45, 7) is 5.42. The van der Waals surface area contributed by atoms with Gasteiger partial charge in [0.2, 0.25) is 0 Å². The maximum atomic E-state index is 14.1. The zero-order valence-corrected chi connectivity index (χ0v) is 15.4. The minimum atomic E-state index is -0.459. The van der Waals surface area contributed by atoms with Crippen LogP contribution >= 0.6 is 0 Å². The van der Waals surface area contributed by atoms with Crippen LogP contribution < -0.4 is 4.74 Å². The Morgan fingerprint density at radius 2 is 1.84 bits per heavy atom. The van der Waals surface area contributed by atoms with Gasteiger partial charge in [0.05, 0.1) is 12.2 Å². The summed E-state index contributed by atoms with van der Waals surface area (Å²) in [4.78, 5) is 11.1. The van der Waals surface area contributed by atoms with Crippen LogP contribution in [0.3, 0.4) is 0 Å². The minimum Gasteiger partial charge on any atom is -0.493 e. The number of hydrogen-bond donors (Lipinski definition) is 0. The first-order valence-corrected chi connectivity index (χ1v) is 9.89. The second-order valence-corrected chi connectivity index (χ2v) is 9.25. The van der Waals surface area contributed by atoms with E-state index in [9.17, 15) is 9.18 Å². The van der Waals surface area contributed by atoms with Crippen molar-refractivity contribution in [1.29, 1.82) is 0 Å². The fourth-order valence-electron chi connectivity index (χ4n) is 5.83. The van der Waals surface area contributed by atoms with Crippen LogP contribution in [0.5, 0.6) is 5.75 Å². The molecule has 3 saturated carbocycles. The molecular formula is C22H29FO2. The van der Waals surface area contributed by atoms with Crippen LogP contribution in [-0.4, -0.2) is 12.9 Å². The molecule has 2 bridgehead atoms. The molecule has 3 fully saturated rings. The van der Waals surface area contributed by atoms with Crippen LogP contribution in [-0.2, 0) is 0 Å². The molecule has 0 saturated heterocycles. The Labute approximate surface area is 150 Å². The van der Waals surface area contributed by atoms with Gasteiger partial charge in [0.15, 0.2) is 6.29 Å². The van der Waals surface area contributed by atoms with E-state index >= 15 is 0 Å². The van der Waals surface area contributed by atoms with Gasteiger partial charge in [0.25, 0.3) is 0 Å². The Hall–Kier alpha value is -1.38. The van der Waals surface area contributed by atoms with Crippen molar-refractivity contribution in [2.75, 3.05) is 6.61 Å². The lowest BCUT2D eigenvalue weighted by molar-refractivity contribution is -0.0167. The molecule has 2 unspecified atom stereocenters. The van der Waals surface area contributed by atoms with Gasteiger partial charge < -0.3 is 4.74 Å². The van der Waals surface area contributed by atoms with Crippen LogP contribution in [0.1, 0.15) is 80.6 Å². The lowest BCUT2D eigenvalue weighted by atomic mass is 9.57. The van der Waals surface area contributed by atoms with Crippen LogP contribution in [0.25, 0.3) is 0 Å². The molecule has 0 radical (unpaired) electrons. The average Bonchev–Trinajstić information content (AvgIpc) is 3.36. The zero-order valence-electron chi connectivity index (χ0n) is 15.4. The number of ether oxygens (including phenoxy) is 1. The van der Waals surface area contributed by atoms with E-state index in [1.807, 2.05) is 0 Å². The molecule has 3 aliphatic carbocycles. The van der Waals surface area contributed by atoms with Gasteiger partial charge in [-0.15, -0.1) is 0 Å². The van der Waals surface area contributed by atoms with Crippen LogP contribution in [0.2, 0.25) is 0 Å². The van der Waals surface area contributed by atoms with Crippen LogP contribution in [0, 0.1) is 29.0 Å². The summed E-state index contributed by atoms with van der Waals surface area (Å²) in [7, 11) is 0. The molecule has 25 heavy (non-hydrogen) atoms. The molecule has 2 nitrogen and oxygen atoms in total. The molecule has 0 amide bonds. The summed E-state index contributed by atoms with van der Waals surface area (Å²) in [5, 5.41) is 0. The van der Waals surface area contributed by atoms with E-state index in [4.69, 9.17) is 4.74 Å². The summed E-state index contributed by atoms with van der Waals surface area (Å²) in [5.74, 6) is 2.99. The second kappa shape index (κ2) is 6.41. The van der Waals surface area contributed by atoms with E-state index < -0.39 is 5.82 Å². The van der Waals surface area contributed by atoms with Crippen molar-refractivity contribution in [3.63, 3.8) is 0 Å². The predicted octanol–water partition coefficient (Wildman–Crippen LogP) is 5.75. The van der Waals surface area contributed by atoms with E-state index in [1.165, 1.54) is 38.2 Å². The van der Waals surface area contributed by atoms with Crippen molar-refractivity contribution in [1.82, 2.24) is 0 Å². The van der Waals surface area contributed by atoms with Gasteiger partial charge in [-0.2, -0.15) is 0 Å². The van der Waals surface area contributed by atoms with Gasteiger partial charge in [-0.05, 0) is 80.2 Å². The van der Waals surface area contributed by atoms with Gasteiger partial charge in [-0.25, -0.2) is 4.39 Å². The van der Waals surface area contributed by atoms with Gasteiger partial charge >= 0.3 is 0 Å². The largest absolute Gasteiger partial charge is 0.493 e. The van der Waals surface area contributed by atoms with E-state index in [1.54, 1.807) is 6.07 Å². The lowest BCUT2D eigenvalue weighted by Crippen LogP contribution is -2.43. The van der Waals surface area contributed by atoms with Crippen LogP contribution in [0.4, 0.5) is 4.39 Å². The average molecular weight is 344 g/mol. The Morgan fingerprint density at radius 3 is 2.44 bits per heavy atom. The second-order valence-electron chi connectivity index (χ2n) is 9.25. The molecule has 0 heterocycles. The highest BCUT2D eigenvalue weighted by molar-refractivity contribution is 5.76. The maximum absolute atomic E-state index is 14.1. The number of hydrogen-bond acceptors (Lipinski definition) is 2. The Kier molecular flexibility index (Phi) is 4.37. The van der Waals surface area contributed by atoms with Gasteiger partial charge in [-0.1, -0.05) is 13.8 Å². The number of benzene rings is 1. The third-order valence-electron chi connectivity index (χ3n) is 6.56. The first-order valence-electron chi connectivity index (χ1n) is 9.89. The summed E-state index contributed by atoms with van der Waals surface area (Å²) >= 11 is 0. The minimum absolute atomic E-state index is 0.157. The van der Waals surface area contributed by atoms with Crippen molar-refractivity contribution in [2.24, 2.45) is 23.2 Å². The first kappa shape index (κ1) is 17.1. The molecule has 0 spiro atoms. The molecule has 136 valence electrons. The fourth-order valence-corrected chi connectivity index (χ4v) is 5.83. The molecule has 0 aliphatic heterocycles. The Bertz CT molecular complexity index is 645. The lowest BCUT2D eigenvalue weighted by Gasteiger charge is -2.49. The Balaban J connectivity index is 1.56. The van der Waals surface area contributed by atoms with Gasteiger partial charge in [0, 0.05) is 11.5 Å². The highest BCUT2D eigenvalue weighted by atomic mass is 19.1. The quantitative estimate of drug-likeness (QED) is 0.636. The van der Waals surface area contributed by atoms with E-state index in [0.29, 0.717) is 24.6 Å². The molecule has 1 aromatic carbocycles. The molecule has 2 atom stereocenters. The summed E-state index contributed by atoms with van der Waals surface area (Å²) < 4.78 is 20.4. The van der Waals surface area contributed by atoms with Crippen molar-refractivity contribution >= 4 is 6.29 Å². The van der Waals surface area contributed by atoms with Gasteiger partial charge in [0.1, 0.15) is 11.6 Å². The SMILES string of the molecule is CC1CC2CC(C)CC(COc3cc(F)c(C=O)cc3C3CC3)(C1)C2. The molecule has 3 heteroatoms. The molecule has 0 aromatic heterocycles. The third kappa shape index (κ3) is 3.47.